The zero-order valence-corrected chi connectivity index (χ0v) is 12.1. The molecule has 3 aromatic rings. The van der Waals surface area contributed by atoms with Crippen LogP contribution in [0, 0.1) is 10.1 Å². The number of nitro benzene ring substituents is 1. The van der Waals surface area contributed by atoms with E-state index in [9.17, 15) is 14.9 Å². The Morgan fingerprint density at radius 3 is 2.61 bits per heavy atom. The number of nitro groups is 1. The van der Waals surface area contributed by atoms with Gasteiger partial charge in [-0.15, -0.1) is 0 Å². The van der Waals surface area contributed by atoms with Gasteiger partial charge in [0.25, 0.3) is 5.69 Å². The average Bonchev–Trinajstić information content (AvgIpc) is 3.07. The zero-order chi connectivity index (χ0) is 16.2. The van der Waals surface area contributed by atoms with Crippen LogP contribution in [0.5, 0.6) is 0 Å². The van der Waals surface area contributed by atoms with Gasteiger partial charge in [0.2, 0.25) is 0 Å². The number of hydrogen-bond donors (Lipinski definition) is 0. The van der Waals surface area contributed by atoms with E-state index < -0.39 is 4.92 Å². The Kier molecular flexibility index (Phi) is 3.97. The summed E-state index contributed by atoms with van der Waals surface area (Å²) >= 11 is 0. The lowest BCUT2D eigenvalue weighted by Crippen LogP contribution is -2.07. The standard InChI is InChI=1S/C17H13N3O3/c21-17(14-4-2-1-3-5-14)15-10-13(6-7-16(15)20(22)23)11-19-9-8-18-12-19/h1-10,12H,11H2. The van der Waals surface area contributed by atoms with Crippen molar-refractivity contribution in [3.8, 4) is 0 Å². The summed E-state index contributed by atoms with van der Waals surface area (Å²) in [6, 6.07) is 13.2. The molecule has 0 fully saturated rings. The van der Waals surface area contributed by atoms with Crippen molar-refractivity contribution in [3.05, 3.63) is 94.1 Å². The fourth-order valence-electron chi connectivity index (χ4n) is 2.36. The summed E-state index contributed by atoms with van der Waals surface area (Å²) in [6.07, 6.45) is 5.10. The smallest absolute Gasteiger partial charge is 0.280 e. The molecule has 0 aliphatic rings. The molecule has 114 valence electrons. The highest BCUT2D eigenvalue weighted by molar-refractivity contribution is 6.11. The van der Waals surface area contributed by atoms with Crippen LogP contribution in [0.3, 0.4) is 0 Å². The highest BCUT2D eigenvalue weighted by Gasteiger charge is 2.21. The van der Waals surface area contributed by atoms with Crippen molar-refractivity contribution in [2.75, 3.05) is 0 Å². The minimum absolute atomic E-state index is 0.0961. The molecule has 0 amide bonds. The Balaban J connectivity index is 2.02. The lowest BCUT2D eigenvalue weighted by Gasteiger charge is -2.07. The summed E-state index contributed by atoms with van der Waals surface area (Å²) in [5.74, 6) is -0.357. The summed E-state index contributed by atoms with van der Waals surface area (Å²) in [4.78, 5) is 27.3. The van der Waals surface area contributed by atoms with Crippen molar-refractivity contribution < 1.29 is 9.72 Å². The quantitative estimate of drug-likeness (QED) is 0.412. The van der Waals surface area contributed by atoms with Gasteiger partial charge < -0.3 is 4.57 Å². The summed E-state index contributed by atoms with van der Waals surface area (Å²) < 4.78 is 1.83. The van der Waals surface area contributed by atoms with E-state index in [0.717, 1.165) is 5.56 Å². The first-order chi connectivity index (χ1) is 11.1. The molecule has 0 N–H and O–H groups in total. The topological polar surface area (TPSA) is 78.0 Å². The van der Waals surface area contributed by atoms with Gasteiger partial charge in [0.1, 0.15) is 5.56 Å². The van der Waals surface area contributed by atoms with Gasteiger partial charge in [-0.3, -0.25) is 14.9 Å². The van der Waals surface area contributed by atoms with Gasteiger partial charge in [-0.05, 0) is 11.6 Å². The molecule has 1 heterocycles. The van der Waals surface area contributed by atoms with E-state index in [1.54, 1.807) is 61.2 Å². The Morgan fingerprint density at radius 2 is 1.96 bits per heavy atom. The van der Waals surface area contributed by atoms with Gasteiger partial charge in [0, 0.05) is 30.6 Å². The number of rotatable bonds is 5. The molecule has 0 bridgehead atoms. The van der Waals surface area contributed by atoms with E-state index in [0.29, 0.717) is 12.1 Å². The minimum atomic E-state index is -0.531. The lowest BCUT2D eigenvalue weighted by molar-refractivity contribution is -0.385. The van der Waals surface area contributed by atoms with Crippen molar-refractivity contribution >= 4 is 11.5 Å². The van der Waals surface area contributed by atoms with Crippen molar-refractivity contribution in [1.29, 1.82) is 0 Å². The molecule has 0 saturated carbocycles. The molecule has 0 aliphatic heterocycles. The third kappa shape index (κ3) is 3.16. The molecule has 0 unspecified atom stereocenters. The number of ketones is 1. The second kappa shape index (κ2) is 6.23. The number of hydrogen-bond acceptors (Lipinski definition) is 4. The number of carbonyl (C=O) groups excluding carboxylic acids is 1. The molecular weight excluding hydrogens is 294 g/mol. The summed E-state index contributed by atoms with van der Waals surface area (Å²) in [6.45, 7) is 0.493. The fourth-order valence-corrected chi connectivity index (χ4v) is 2.36. The molecule has 3 rings (SSSR count). The second-order valence-electron chi connectivity index (χ2n) is 5.04. The molecule has 2 aromatic carbocycles. The summed E-state index contributed by atoms with van der Waals surface area (Å²) in [7, 11) is 0. The second-order valence-corrected chi connectivity index (χ2v) is 5.04. The molecule has 0 atom stereocenters. The van der Waals surface area contributed by atoms with E-state index in [-0.39, 0.29) is 17.0 Å². The number of carbonyl (C=O) groups is 1. The maximum atomic E-state index is 12.6. The van der Waals surface area contributed by atoms with Crippen molar-refractivity contribution in [2.45, 2.75) is 6.54 Å². The van der Waals surface area contributed by atoms with Gasteiger partial charge in [-0.1, -0.05) is 36.4 Å². The van der Waals surface area contributed by atoms with Crippen LogP contribution < -0.4 is 0 Å². The highest BCUT2D eigenvalue weighted by atomic mass is 16.6. The Bertz CT molecular complexity index is 843. The molecule has 0 radical (unpaired) electrons. The van der Waals surface area contributed by atoms with Crippen LogP contribution in [-0.4, -0.2) is 20.3 Å². The number of aromatic nitrogens is 2. The number of imidazole rings is 1. The highest BCUT2D eigenvalue weighted by Crippen LogP contribution is 2.23. The van der Waals surface area contributed by atoms with Crippen LogP contribution in [0.4, 0.5) is 5.69 Å². The number of benzene rings is 2. The van der Waals surface area contributed by atoms with Crippen molar-refractivity contribution in [3.63, 3.8) is 0 Å². The van der Waals surface area contributed by atoms with E-state index in [4.69, 9.17) is 0 Å². The molecule has 1 aromatic heterocycles. The SMILES string of the molecule is O=C(c1ccccc1)c1cc(Cn2ccnc2)ccc1[N+](=O)[O-]. The summed E-state index contributed by atoms with van der Waals surface area (Å²) in [5, 5.41) is 11.2. The van der Waals surface area contributed by atoms with Crippen molar-refractivity contribution in [1.82, 2.24) is 9.55 Å². The lowest BCUT2D eigenvalue weighted by atomic mass is 9.99. The van der Waals surface area contributed by atoms with Gasteiger partial charge >= 0.3 is 0 Å². The molecule has 0 spiro atoms. The van der Waals surface area contributed by atoms with Crippen LogP contribution in [0.25, 0.3) is 0 Å². The molecule has 0 saturated heterocycles. The van der Waals surface area contributed by atoms with Crippen LogP contribution >= 0.6 is 0 Å². The maximum absolute atomic E-state index is 12.6. The Hall–Kier alpha value is -3.28. The van der Waals surface area contributed by atoms with E-state index in [1.165, 1.54) is 6.07 Å². The molecular formula is C17H13N3O3. The fraction of sp³-hybridized carbons (Fsp3) is 0.0588. The molecule has 6 nitrogen and oxygen atoms in total. The molecule has 6 heteroatoms. The van der Waals surface area contributed by atoms with E-state index in [1.807, 2.05) is 4.57 Å². The molecule has 0 aliphatic carbocycles. The predicted molar refractivity (Wildman–Crippen MR) is 84.3 cm³/mol. The van der Waals surface area contributed by atoms with Crippen LogP contribution in [0.2, 0.25) is 0 Å². The molecule has 23 heavy (non-hydrogen) atoms. The van der Waals surface area contributed by atoms with Crippen LogP contribution in [0.15, 0.2) is 67.3 Å². The van der Waals surface area contributed by atoms with Gasteiger partial charge in [0.15, 0.2) is 5.78 Å². The first kappa shape index (κ1) is 14.6. The average molecular weight is 307 g/mol. The Morgan fingerprint density at radius 1 is 1.17 bits per heavy atom. The maximum Gasteiger partial charge on any atom is 0.280 e. The largest absolute Gasteiger partial charge is 0.333 e. The first-order valence-electron chi connectivity index (χ1n) is 6.98. The van der Waals surface area contributed by atoms with Gasteiger partial charge in [-0.25, -0.2) is 4.98 Å². The zero-order valence-electron chi connectivity index (χ0n) is 12.1. The first-order valence-corrected chi connectivity index (χ1v) is 6.98. The Labute approximate surface area is 132 Å². The van der Waals surface area contributed by atoms with E-state index >= 15 is 0 Å². The predicted octanol–water partition coefficient (Wildman–Crippen LogP) is 3.07. The summed E-state index contributed by atoms with van der Waals surface area (Å²) in [5.41, 5.74) is 1.13. The third-order valence-electron chi connectivity index (χ3n) is 3.46. The minimum Gasteiger partial charge on any atom is -0.333 e. The van der Waals surface area contributed by atoms with Gasteiger partial charge in [-0.2, -0.15) is 0 Å². The monoisotopic (exact) mass is 307 g/mol. The number of nitrogens with zero attached hydrogens (tertiary/aromatic N) is 3. The van der Waals surface area contributed by atoms with Gasteiger partial charge in [0.05, 0.1) is 11.3 Å². The van der Waals surface area contributed by atoms with Crippen LogP contribution in [-0.2, 0) is 6.54 Å². The van der Waals surface area contributed by atoms with E-state index in [2.05, 4.69) is 4.98 Å². The van der Waals surface area contributed by atoms with Crippen LogP contribution in [0.1, 0.15) is 21.5 Å². The van der Waals surface area contributed by atoms with Crippen molar-refractivity contribution in [2.24, 2.45) is 0 Å². The third-order valence-corrected chi connectivity index (χ3v) is 3.46. The normalized spacial score (nSPS) is 10.4.